The lowest BCUT2D eigenvalue weighted by Gasteiger charge is -1.99. The Labute approximate surface area is 94.3 Å². The van der Waals surface area contributed by atoms with Crippen molar-refractivity contribution >= 4 is 50.0 Å². The average Bonchev–Trinajstić information content (AvgIpc) is 2.55. The molecule has 68 valence electrons. The molecule has 13 heavy (non-hydrogen) atoms. The number of hydrogen-bond acceptors (Lipinski definition) is 3. The van der Waals surface area contributed by atoms with Crippen LogP contribution in [0.2, 0.25) is 0 Å². The van der Waals surface area contributed by atoms with Crippen molar-refractivity contribution in [3.63, 3.8) is 0 Å². The van der Waals surface area contributed by atoms with Crippen LogP contribution in [0.15, 0.2) is 26.9 Å². The highest BCUT2D eigenvalue weighted by Crippen LogP contribution is 2.38. The lowest BCUT2D eigenvalue weighted by Crippen LogP contribution is -1.79. The van der Waals surface area contributed by atoms with E-state index in [2.05, 4.69) is 28.6 Å². The Morgan fingerprint density at radius 2 is 2.23 bits per heavy atom. The summed E-state index contributed by atoms with van der Waals surface area (Å²) in [5.74, 6) is 0.919. The molecule has 0 unspecified atom stereocenters. The van der Waals surface area contributed by atoms with Gasteiger partial charge in [-0.3, -0.25) is 0 Å². The van der Waals surface area contributed by atoms with E-state index in [4.69, 9.17) is 4.74 Å². The fourth-order valence-corrected chi connectivity index (χ4v) is 2.97. The zero-order valence-electron chi connectivity index (χ0n) is 6.87. The van der Waals surface area contributed by atoms with E-state index < -0.39 is 0 Å². The topological polar surface area (TPSA) is 9.23 Å². The predicted octanol–water partition coefficient (Wildman–Crippen LogP) is 3.96. The first-order valence-corrected chi connectivity index (χ1v) is 5.78. The van der Waals surface area contributed by atoms with Gasteiger partial charge in [0.05, 0.1) is 11.8 Å². The molecule has 1 heterocycles. The molecule has 0 radical (unpaired) electrons. The number of thiophene rings is 1. The van der Waals surface area contributed by atoms with Gasteiger partial charge >= 0.3 is 0 Å². The van der Waals surface area contributed by atoms with Gasteiger partial charge in [-0.05, 0) is 28.1 Å². The predicted molar refractivity (Wildman–Crippen MR) is 63.3 cm³/mol. The van der Waals surface area contributed by atoms with Gasteiger partial charge in [0.2, 0.25) is 0 Å². The Kier molecular flexibility index (Phi) is 2.53. The van der Waals surface area contributed by atoms with E-state index in [0.29, 0.717) is 0 Å². The first-order valence-electron chi connectivity index (χ1n) is 3.66. The van der Waals surface area contributed by atoms with Crippen LogP contribution in [0, 0.1) is 0 Å². The number of rotatable bonds is 1. The van der Waals surface area contributed by atoms with Crippen molar-refractivity contribution in [2.75, 3.05) is 7.11 Å². The second-order valence-corrected chi connectivity index (χ2v) is 4.76. The van der Waals surface area contributed by atoms with Gasteiger partial charge in [0.25, 0.3) is 0 Å². The molecule has 0 bridgehead atoms. The van der Waals surface area contributed by atoms with Crippen molar-refractivity contribution < 1.29 is 4.74 Å². The van der Waals surface area contributed by atoms with Crippen molar-refractivity contribution in [1.29, 1.82) is 0 Å². The van der Waals surface area contributed by atoms with E-state index in [1.165, 1.54) is 0 Å². The third-order valence-corrected chi connectivity index (χ3v) is 4.43. The second-order valence-electron chi connectivity index (χ2n) is 2.58. The summed E-state index contributed by atoms with van der Waals surface area (Å²) >= 11 is 9.51. The van der Waals surface area contributed by atoms with Crippen LogP contribution in [0.1, 0.15) is 0 Å². The number of hydrogen-bond donors (Lipinski definition) is 1. The molecule has 0 aliphatic carbocycles. The smallest absolute Gasteiger partial charge is 0.137 e. The molecule has 0 spiro atoms. The van der Waals surface area contributed by atoms with Crippen LogP contribution in [-0.4, -0.2) is 7.11 Å². The average molecular weight is 275 g/mol. The molecule has 0 amide bonds. The van der Waals surface area contributed by atoms with E-state index in [-0.39, 0.29) is 0 Å². The second kappa shape index (κ2) is 3.52. The number of fused-ring (bicyclic) bond motifs is 1. The maximum atomic E-state index is 5.22. The van der Waals surface area contributed by atoms with Gasteiger partial charge in [-0.1, -0.05) is 0 Å². The van der Waals surface area contributed by atoms with Crippen LogP contribution in [0.5, 0.6) is 5.75 Å². The largest absolute Gasteiger partial charge is 0.495 e. The molecule has 0 atom stereocenters. The Bertz CT molecular complexity index is 450. The molecule has 2 rings (SSSR count). The normalized spacial score (nSPS) is 10.7. The number of ether oxygens (including phenoxy) is 1. The Morgan fingerprint density at radius 3 is 2.92 bits per heavy atom. The van der Waals surface area contributed by atoms with Crippen LogP contribution >= 0.6 is 39.9 Å². The molecule has 0 saturated carbocycles. The standard InChI is InChI=1S/C9H7BrOS2/c1-11-7-4-13-9-5(7)2-3-6(10)8(9)12/h2-4,12H,1H3. The number of benzene rings is 1. The van der Waals surface area contributed by atoms with E-state index in [0.717, 1.165) is 25.2 Å². The van der Waals surface area contributed by atoms with Crippen molar-refractivity contribution in [2.45, 2.75) is 4.90 Å². The summed E-state index contributed by atoms with van der Waals surface area (Å²) in [6, 6.07) is 4.02. The number of halogens is 1. The van der Waals surface area contributed by atoms with Crippen LogP contribution in [-0.2, 0) is 0 Å². The highest BCUT2D eigenvalue weighted by molar-refractivity contribution is 9.10. The third-order valence-electron chi connectivity index (χ3n) is 1.85. The summed E-state index contributed by atoms with van der Waals surface area (Å²) in [4.78, 5) is 0.978. The monoisotopic (exact) mass is 274 g/mol. The Morgan fingerprint density at radius 1 is 1.46 bits per heavy atom. The van der Waals surface area contributed by atoms with E-state index in [1.807, 2.05) is 17.5 Å². The van der Waals surface area contributed by atoms with Crippen molar-refractivity contribution in [3.05, 3.63) is 22.0 Å². The molecule has 0 N–H and O–H groups in total. The molecule has 1 nitrogen and oxygen atoms in total. The fourth-order valence-electron chi connectivity index (χ4n) is 1.19. The Balaban J connectivity index is 2.81. The highest BCUT2D eigenvalue weighted by atomic mass is 79.9. The molecule has 1 aromatic heterocycles. The molecule has 0 aliphatic rings. The molecular weight excluding hydrogens is 268 g/mol. The third kappa shape index (κ3) is 1.47. The molecular formula is C9H7BrOS2. The summed E-state index contributed by atoms with van der Waals surface area (Å²) in [6.07, 6.45) is 0. The van der Waals surface area contributed by atoms with E-state index in [1.54, 1.807) is 18.4 Å². The SMILES string of the molecule is COc1csc2c(S)c(Br)ccc12. The maximum Gasteiger partial charge on any atom is 0.137 e. The fraction of sp³-hybridized carbons (Fsp3) is 0.111. The molecule has 0 fully saturated rings. The summed E-state index contributed by atoms with van der Waals surface area (Å²) in [7, 11) is 1.68. The highest BCUT2D eigenvalue weighted by Gasteiger charge is 2.08. The molecule has 0 saturated heterocycles. The zero-order valence-corrected chi connectivity index (χ0v) is 10.2. The first kappa shape index (κ1) is 9.37. The van der Waals surface area contributed by atoms with Crippen molar-refractivity contribution in [2.24, 2.45) is 0 Å². The van der Waals surface area contributed by atoms with Crippen molar-refractivity contribution in [1.82, 2.24) is 0 Å². The van der Waals surface area contributed by atoms with Crippen LogP contribution in [0.4, 0.5) is 0 Å². The molecule has 1 aromatic carbocycles. The van der Waals surface area contributed by atoms with Crippen LogP contribution < -0.4 is 4.74 Å². The summed E-state index contributed by atoms with van der Waals surface area (Å²) < 4.78 is 7.41. The van der Waals surface area contributed by atoms with Gasteiger partial charge < -0.3 is 4.74 Å². The first-order chi connectivity index (χ1) is 6.24. The van der Waals surface area contributed by atoms with Crippen LogP contribution in [0.25, 0.3) is 10.1 Å². The van der Waals surface area contributed by atoms with Gasteiger partial charge in [-0.15, -0.1) is 24.0 Å². The number of thiol groups is 1. The van der Waals surface area contributed by atoms with Gasteiger partial charge in [0.15, 0.2) is 0 Å². The quantitative estimate of drug-likeness (QED) is 0.775. The minimum absolute atomic E-state index is 0.919. The maximum absolute atomic E-state index is 5.22. The lowest BCUT2D eigenvalue weighted by molar-refractivity contribution is 0.421. The summed E-state index contributed by atoms with van der Waals surface area (Å²) in [5, 5.41) is 3.12. The van der Waals surface area contributed by atoms with E-state index in [9.17, 15) is 0 Å². The summed E-state index contributed by atoms with van der Waals surface area (Å²) in [6.45, 7) is 0. The molecule has 4 heteroatoms. The molecule has 2 aromatic rings. The molecule has 0 aliphatic heterocycles. The van der Waals surface area contributed by atoms with Crippen molar-refractivity contribution in [3.8, 4) is 5.75 Å². The lowest BCUT2D eigenvalue weighted by atomic mass is 10.2. The van der Waals surface area contributed by atoms with Gasteiger partial charge in [-0.25, -0.2) is 0 Å². The minimum atomic E-state index is 0.919. The minimum Gasteiger partial charge on any atom is -0.495 e. The van der Waals surface area contributed by atoms with Gasteiger partial charge in [-0.2, -0.15) is 0 Å². The zero-order chi connectivity index (χ0) is 9.42. The van der Waals surface area contributed by atoms with Gasteiger partial charge in [0, 0.05) is 20.1 Å². The van der Waals surface area contributed by atoms with Gasteiger partial charge in [0.1, 0.15) is 5.75 Å². The summed E-state index contributed by atoms with van der Waals surface area (Å²) in [5.41, 5.74) is 0. The Hall–Kier alpha value is -0.190. The van der Waals surface area contributed by atoms with Crippen LogP contribution in [0.3, 0.4) is 0 Å². The van der Waals surface area contributed by atoms with E-state index >= 15 is 0 Å². The number of methoxy groups -OCH3 is 1.